The summed E-state index contributed by atoms with van der Waals surface area (Å²) in [5.74, 6) is 0.345. The van der Waals surface area contributed by atoms with E-state index in [-0.39, 0.29) is 12.6 Å². The summed E-state index contributed by atoms with van der Waals surface area (Å²) in [4.78, 5) is 2.33. The van der Waals surface area contributed by atoms with Crippen LogP contribution in [0.25, 0.3) is 0 Å². The molecule has 0 aromatic heterocycles. The van der Waals surface area contributed by atoms with Gasteiger partial charge in [0.15, 0.2) is 0 Å². The highest BCUT2D eigenvalue weighted by atomic mass is 16.3. The van der Waals surface area contributed by atoms with Crippen molar-refractivity contribution in [2.45, 2.75) is 44.7 Å². The van der Waals surface area contributed by atoms with Crippen molar-refractivity contribution < 1.29 is 10.2 Å². The van der Waals surface area contributed by atoms with Crippen molar-refractivity contribution in [3.63, 3.8) is 0 Å². The molecule has 0 radical (unpaired) electrons. The first-order chi connectivity index (χ1) is 9.67. The topological polar surface area (TPSA) is 55.7 Å². The summed E-state index contributed by atoms with van der Waals surface area (Å²) in [5.41, 5.74) is 1.99. The highest BCUT2D eigenvalue weighted by Crippen LogP contribution is 2.34. The third-order valence-corrected chi connectivity index (χ3v) is 4.32. The van der Waals surface area contributed by atoms with Gasteiger partial charge in [0.05, 0.1) is 0 Å². The molecule has 1 aromatic rings. The van der Waals surface area contributed by atoms with Crippen LogP contribution in [0.1, 0.15) is 44.2 Å². The number of hydrogen-bond donors (Lipinski definition) is 3. The van der Waals surface area contributed by atoms with Gasteiger partial charge in [-0.1, -0.05) is 6.07 Å². The van der Waals surface area contributed by atoms with Gasteiger partial charge in [0.1, 0.15) is 5.75 Å². The van der Waals surface area contributed by atoms with Crippen molar-refractivity contribution in [2.24, 2.45) is 0 Å². The lowest BCUT2D eigenvalue weighted by Crippen LogP contribution is -2.41. The molecule has 1 fully saturated rings. The second-order valence-corrected chi connectivity index (χ2v) is 5.61. The van der Waals surface area contributed by atoms with Crippen LogP contribution in [-0.2, 0) is 0 Å². The van der Waals surface area contributed by atoms with E-state index in [0.29, 0.717) is 11.8 Å². The summed E-state index contributed by atoms with van der Waals surface area (Å²) in [6.45, 7) is 3.09. The van der Waals surface area contributed by atoms with Crippen molar-refractivity contribution >= 4 is 5.69 Å². The summed E-state index contributed by atoms with van der Waals surface area (Å²) < 4.78 is 0. The molecule has 0 amide bonds. The monoisotopic (exact) mass is 278 g/mol. The number of hydrogen-bond acceptors (Lipinski definition) is 4. The van der Waals surface area contributed by atoms with Gasteiger partial charge in [-0.2, -0.15) is 0 Å². The SMILES string of the molecule is CNC(C)c1ccc(N(CCCO)C2CCC2)cc1O. The molecule has 1 aliphatic carbocycles. The number of benzene rings is 1. The number of nitrogens with zero attached hydrogens (tertiary/aromatic N) is 1. The Morgan fingerprint density at radius 3 is 2.65 bits per heavy atom. The fourth-order valence-corrected chi connectivity index (χ4v) is 2.69. The standard InChI is InChI=1S/C16H26N2O2/c1-12(17-2)15-8-7-14(11-16(15)20)18(9-4-10-19)13-5-3-6-13/h7-8,11-13,17,19-20H,3-6,9-10H2,1-2H3. The van der Waals surface area contributed by atoms with Gasteiger partial charge in [-0.25, -0.2) is 0 Å². The minimum atomic E-state index is 0.138. The van der Waals surface area contributed by atoms with Gasteiger partial charge in [0.2, 0.25) is 0 Å². The Morgan fingerprint density at radius 2 is 2.15 bits per heavy atom. The normalized spacial score (nSPS) is 16.8. The second-order valence-electron chi connectivity index (χ2n) is 5.61. The van der Waals surface area contributed by atoms with Gasteiger partial charge in [-0.3, -0.25) is 0 Å². The molecule has 1 saturated carbocycles. The zero-order chi connectivity index (χ0) is 14.5. The fourth-order valence-electron chi connectivity index (χ4n) is 2.69. The molecule has 0 saturated heterocycles. The second kappa shape index (κ2) is 6.95. The Hall–Kier alpha value is -1.26. The van der Waals surface area contributed by atoms with Crippen LogP contribution >= 0.6 is 0 Å². The number of phenolic OH excluding ortho intramolecular Hbond substituents is 1. The number of nitrogens with one attached hydrogen (secondary N) is 1. The van der Waals surface area contributed by atoms with Crippen molar-refractivity contribution in [3.05, 3.63) is 23.8 Å². The number of aromatic hydroxyl groups is 1. The van der Waals surface area contributed by atoms with Crippen LogP contribution in [0.5, 0.6) is 5.75 Å². The van der Waals surface area contributed by atoms with Crippen LogP contribution < -0.4 is 10.2 Å². The summed E-state index contributed by atoms with van der Waals surface area (Å²) in [5, 5.41) is 22.4. The van der Waals surface area contributed by atoms with E-state index >= 15 is 0 Å². The Labute approximate surface area is 121 Å². The number of aliphatic hydroxyl groups excluding tert-OH is 1. The summed E-state index contributed by atoms with van der Waals surface area (Å²) in [6.07, 6.45) is 4.47. The van der Waals surface area contributed by atoms with Gasteiger partial charge < -0.3 is 20.4 Å². The van der Waals surface area contributed by atoms with Crippen molar-refractivity contribution in [1.82, 2.24) is 5.32 Å². The maximum atomic E-state index is 10.2. The first-order valence-electron chi connectivity index (χ1n) is 7.55. The molecule has 0 spiro atoms. The van der Waals surface area contributed by atoms with E-state index in [9.17, 15) is 5.11 Å². The fraction of sp³-hybridized carbons (Fsp3) is 0.625. The van der Waals surface area contributed by atoms with Crippen LogP contribution in [0.2, 0.25) is 0 Å². The third-order valence-electron chi connectivity index (χ3n) is 4.32. The maximum absolute atomic E-state index is 10.2. The first kappa shape index (κ1) is 15.1. The molecule has 1 atom stereocenters. The minimum absolute atomic E-state index is 0.138. The van der Waals surface area contributed by atoms with Crippen LogP contribution in [0.4, 0.5) is 5.69 Å². The van der Waals surface area contributed by atoms with E-state index < -0.39 is 0 Å². The molecule has 0 heterocycles. The Balaban J connectivity index is 2.18. The molecule has 4 nitrogen and oxygen atoms in total. The predicted octanol–water partition coefficient (Wildman–Crippen LogP) is 2.41. The largest absolute Gasteiger partial charge is 0.508 e. The summed E-state index contributed by atoms with van der Waals surface area (Å²) in [7, 11) is 1.89. The highest BCUT2D eigenvalue weighted by Gasteiger charge is 2.25. The number of phenols is 1. The van der Waals surface area contributed by atoms with E-state index in [1.54, 1.807) is 0 Å². The summed E-state index contributed by atoms with van der Waals surface area (Å²) >= 11 is 0. The molecule has 0 aliphatic heterocycles. The van der Waals surface area contributed by atoms with Crippen LogP contribution in [0.15, 0.2) is 18.2 Å². The lowest BCUT2D eigenvalue weighted by atomic mass is 9.90. The van der Waals surface area contributed by atoms with E-state index in [4.69, 9.17) is 5.11 Å². The number of aliphatic hydroxyl groups is 1. The van der Waals surface area contributed by atoms with Crippen LogP contribution in [-0.4, -0.2) is 36.5 Å². The highest BCUT2D eigenvalue weighted by molar-refractivity contribution is 5.55. The number of rotatable bonds is 7. The van der Waals surface area contributed by atoms with Crippen LogP contribution in [0, 0.1) is 0 Å². The summed E-state index contributed by atoms with van der Waals surface area (Å²) in [6, 6.07) is 6.64. The molecule has 1 aliphatic rings. The molecule has 1 aromatic carbocycles. The lowest BCUT2D eigenvalue weighted by molar-refractivity contribution is 0.283. The third kappa shape index (κ3) is 3.25. The van der Waals surface area contributed by atoms with Gasteiger partial charge in [-0.05, 0) is 45.7 Å². The van der Waals surface area contributed by atoms with Crippen molar-refractivity contribution in [3.8, 4) is 5.75 Å². The Bertz CT molecular complexity index is 432. The van der Waals surface area contributed by atoms with Crippen LogP contribution in [0.3, 0.4) is 0 Å². The lowest BCUT2D eigenvalue weighted by Gasteiger charge is -2.39. The van der Waals surface area contributed by atoms with Gasteiger partial charge >= 0.3 is 0 Å². The molecule has 1 unspecified atom stereocenters. The van der Waals surface area contributed by atoms with E-state index in [1.165, 1.54) is 19.3 Å². The van der Waals surface area contributed by atoms with Gasteiger partial charge in [0, 0.05) is 42.6 Å². The van der Waals surface area contributed by atoms with Gasteiger partial charge in [0.25, 0.3) is 0 Å². The Morgan fingerprint density at radius 1 is 1.40 bits per heavy atom. The van der Waals surface area contributed by atoms with E-state index in [2.05, 4.69) is 16.3 Å². The average molecular weight is 278 g/mol. The molecule has 2 rings (SSSR count). The molecule has 3 N–H and O–H groups in total. The van der Waals surface area contributed by atoms with E-state index in [0.717, 1.165) is 24.2 Å². The zero-order valence-electron chi connectivity index (χ0n) is 12.5. The molecule has 112 valence electrons. The van der Waals surface area contributed by atoms with Gasteiger partial charge in [-0.15, -0.1) is 0 Å². The molecule has 20 heavy (non-hydrogen) atoms. The zero-order valence-corrected chi connectivity index (χ0v) is 12.5. The average Bonchev–Trinajstić information content (AvgIpc) is 2.40. The quantitative estimate of drug-likeness (QED) is 0.717. The van der Waals surface area contributed by atoms with E-state index in [1.807, 2.05) is 26.1 Å². The number of anilines is 1. The van der Waals surface area contributed by atoms with Crippen molar-refractivity contribution in [2.75, 3.05) is 25.1 Å². The smallest absolute Gasteiger partial charge is 0.122 e. The molecular weight excluding hydrogens is 252 g/mol. The first-order valence-corrected chi connectivity index (χ1v) is 7.55. The molecule has 4 heteroatoms. The Kier molecular flexibility index (Phi) is 5.26. The van der Waals surface area contributed by atoms with Crippen molar-refractivity contribution in [1.29, 1.82) is 0 Å². The molecule has 0 bridgehead atoms. The minimum Gasteiger partial charge on any atom is -0.508 e. The maximum Gasteiger partial charge on any atom is 0.122 e. The predicted molar refractivity (Wildman–Crippen MR) is 82.3 cm³/mol. The molecular formula is C16H26N2O2.